The molecule has 0 atom stereocenters. The van der Waals surface area contributed by atoms with Crippen LogP contribution in [0.25, 0.3) is 22.2 Å². The molecule has 0 fully saturated rings. The van der Waals surface area contributed by atoms with Crippen LogP contribution in [-0.4, -0.2) is 28.3 Å². The Labute approximate surface area is 161 Å². The molecule has 0 radical (unpaired) electrons. The summed E-state index contributed by atoms with van der Waals surface area (Å²) in [5.74, 6) is -0.806. The van der Waals surface area contributed by atoms with Crippen molar-refractivity contribution in [3.05, 3.63) is 96.3 Å². The van der Waals surface area contributed by atoms with E-state index in [1.54, 1.807) is 42.7 Å². The molecule has 5 nitrogen and oxygen atoms in total. The molecule has 0 unspecified atom stereocenters. The van der Waals surface area contributed by atoms with E-state index >= 15 is 0 Å². The number of esters is 1. The van der Waals surface area contributed by atoms with E-state index in [0.717, 1.165) is 5.56 Å². The number of hydrogen-bond acceptors (Lipinski definition) is 5. The molecule has 0 saturated carbocycles. The molecule has 5 heteroatoms. The van der Waals surface area contributed by atoms with Crippen molar-refractivity contribution < 1.29 is 14.3 Å². The van der Waals surface area contributed by atoms with Gasteiger partial charge in [0.25, 0.3) is 0 Å². The van der Waals surface area contributed by atoms with Crippen molar-refractivity contribution in [1.82, 2.24) is 9.97 Å². The van der Waals surface area contributed by atoms with Crippen LogP contribution < -0.4 is 0 Å². The van der Waals surface area contributed by atoms with Crippen molar-refractivity contribution in [2.45, 2.75) is 0 Å². The monoisotopic (exact) mass is 368 g/mol. The highest BCUT2D eigenvalue weighted by Gasteiger charge is 2.17. The Morgan fingerprint density at radius 1 is 0.857 bits per heavy atom. The van der Waals surface area contributed by atoms with Crippen LogP contribution in [0.3, 0.4) is 0 Å². The van der Waals surface area contributed by atoms with Crippen LogP contribution in [0.15, 0.2) is 85.2 Å². The lowest BCUT2D eigenvalue weighted by atomic mass is 10.0. The van der Waals surface area contributed by atoms with Crippen molar-refractivity contribution in [2.75, 3.05) is 6.61 Å². The Morgan fingerprint density at radius 3 is 2.36 bits per heavy atom. The Bertz CT molecular complexity index is 1140. The Hall–Kier alpha value is -3.86. The highest BCUT2D eigenvalue weighted by Crippen LogP contribution is 2.25. The van der Waals surface area contributed by atoms with Gasteiger partial charge in [-0.1, -0.05) is 48.5 Å². The number of aromatic nitrogens is 2. The number of rotatable bonds is 5. The zero-order valence-corrected chi connectivity index (χ0v) is 14.9. The molecule has 136 valence electrons. The summed E-state index contributed by atoms with van der Waals surface area (Å²) < 4.78 is 5.31. The van der Waals surface area contributed by atoms with Crippen molar-refractivity contribution in [2.24, 2.45) is 0 Å². The lowest BCUT2D eigenvalue weighted by Gasteiger charge is -2.10. The lowest BCUT2D eigenvalue weighted by molar-refractivity contribution is 0.0476. The second kappa shape index (κ2) is 7.80. The molecule has 4 rings (SSSR count). The first kappa shape index (κ1) is 17.5. The zero-order valence-electron chi connectivity index (χ0n) is 14.9. The summed E-state index contributed by atoms with van der Waals surface area (Å²) in [6, 6.07) is 21.4. The van der Waals surface area contributed by atoms with E-state index in [1.807, 2.05) is 42.5 Å². The third-order valence-electron chi connectivity index (χ3n) is 4.34. The van der Waals surface area contributed by atoms with Gasteiger partial charge in [0.15, 0.2) is 12.4 Å². The third kappa shape index (κ3) is 3.64. The van der Waals surface area contributed by atoms with Crippen LogP contribution in [0.4, 0.5) is 0 Å². The van der Waals surface area contributed by atoms with E-state index < -0.39 is 5.97 Å². The molecular formula is C23H16N2O3. The van der Waals surface area contributed by atoms with Crippen LogP contribution in [0, 0.1) is 0 Å². The molecule has 0 spiro atoms. The molecular weight excluding hydrogens is 352 g/mol. The summed E-state index contributed by atoms with van der Waals surface area (Å²) in [4.78, 5) is 33.6. The number of carbonyl (C=O) groups excluding carboxylic acids is 2. The first-order valence-corrected chi connectivity index (χ1v) is 8.78. The SMILES string of the molecule is O=C(COC(=O)c1cc(-c2ccncc2)nc2ccccc12)c1ccccc1. The molecule has 2 aromatic heterocycles. The van der Waals surface area contributed by atoms with Gasteiger partial charge in [0.05, 0.1) is 16.8 Å². The molecule has 0 aliphatic rings. The fourth-order valence-corrected chi connectivity index (χ4v) is 2.93. The van der Waals surface area contributed by atoms with Gasteiger partial charge < -0.3 is 4.74 Å². The molecule has 2 aromatic carbocycles. The Morgan fingerprint density at radius 2 is 1.57 bits per heavy atom. The van der Waals surface area contributed by atoms with Crippen LogP contribution in [-0.2, 0) is 4.74 Å². The second-order valence-corrected chi connectivity index (χ2v) is 6.17. The van der Waals surface area contributed by atoms with E-state index in [-0.39, 0.29) is 12.4 Å². The van der Waals surface area contributed by atoms with E-state index in [4.69, 9.17) is 4.74 Å². The Balaban J connectivity index is 1.65. The maximum absolute atomic E-state index is 12.8. The molecule has 0 saturated heterocycles. The highest BCUT2D eigenvalue weighted by atomic mass is 16.5. The molecule has 28 heavy (non-hydrogen) atoms. The van der Waals surface area contributed by atoms with Gasteiger partial charge in [-0.25, -0.2) is 9.78 Å². The Kier molecular flexibility index (Phi) is 4.89. The highest BCUT2D eigenvalue weighted by molar-refractivity contribution is 6.06. The number of benzene rings is 2. The summed E-state index contributed by atoms with van der Waals surface area (Å²) in [6.07, 6.45) is 3.34. The van der Waals surface area contributed by atoms with Crippen molar-refractivity contribution in [1.29, 1.82) is 0 Å². The first-order valence-electron chi connectivity index (χ1n) is 8.78. The fourth-order valence-electron chi connectivity index (χ4n) is 2.93. The topological polar surface area (TPSA) is 69.2 Å². The summed E-state index contributed by atoms with van der Waals surface area (Å²) in [5, 5.41) is 0.678. The minimum absolute atomic E-state index is 0.248. The van der Waals surface area contributed by atoms with Gasteiger partial charge in [0.1, 0.15) is 0 Å². The van der Waals surface area contributed by atoms with Gasteiger partial charge in [-0.3, -0.25) is 9.78 Å². The van der Waals surface area contributed by atoms with Gasteiger partial charge in [-0.2, -0.15) is 0 Å². The van der Waals surface area contributed by atoms with Crippen LogP contribution in [0.5, 0.6) is 0 Å². The number of carbonyl (C=O) groups is 2. The van der Waals surface area contributed by atoms with Crippen molar-refractivity contribution in [3.8, 4) is 11.3 Å². The quantitative estimate of drug-likeness (QED) is 0.387. The van der Waals surface area contributed by atoms with Crippen molar-refractivity contribution in [3.63, 3.8) is 0 Å². The van der Waals surface area contributed by atoms with E-state index in [9.17, 15) is 9.59 Å². The van der Waals surface area contributed by atoms with Gasteiger partial charge in [-0.15, -0.1) is 0 Å². The summed E-state index contributed by atoms with van der Waals surface area (Å²) in [6.45, 7) is -0.315. The molecule has 0 N–H and O–H groups in total. The number of fused-ring (bicyclic) bond motifs is 1. The summed E-state index contributed by atoms with van der Waals surface area (Å²) in [5.41, 5.74) is 3.04. The lowest BCUT2D eigenvalue weighted by Crippen LogP contribution is -2.14. The predicted molar refractivity (Wildman–Crippen MR) is 106 cm³/mol. The van der Waals surface area contributed by atoms with Gasteiger partial charge >= 0.3 is 5.97 Å². The maximum atomic E-state index is 12.8. The average molecular weight is 368 g/mol. The minimum Gasteiger partial charge on any atom is -0.454 e. The van der Waals surface area contributed by atoms with Crippen LogP contribution in [0.2, 0.25) is 0 Å². The van der Waals surface area contributed by atoms with Gasteiger partial charge in [0.2, 0.25) is 0 Å². The van der Waals surface area contributed by atoms with E-state index in [0.29, 0.717) is 27.7 Å². The molecule has 4 aromatic rings. The molecule has 0 aliphatic carbocycles. The standard InChI is InChI=1S/C23H16N2O3/c26-22(17-6-2-1-3-7-17)15-28-23(27)19-14-21(16-10-12-24-13-11-16)25-20-9-5-4-8-18(19)20/h1-14H,15H2. The van der Waals surface area contributed by atoms with E-state index in [1.165, 1.54) is 0 Å². The third-order valence-corrected chi connectivity index (χ3v) is 4.34. The minimum atomic E-state index is -0.557. The van der Waals surface area contributed by atoms with Crippen LogP contribution in [0.1, 0.15) is 20.7 Å². The maximum Gasteiger partial charge on any atom is 0.339 e. The number of ether oxygens (including phenoxy) is 1. The average Bonchev–Trinajstić information content (AvgIpc) is 2.77. The number of hydrogen-bond donors (Lipinski definition) is 0. The molecule has 0 bridgehead atoms. The molecule has 0 amide bonds. The normalized spacial score (nSPS) is 10.6. The zero-order chi connectivity index (χ0) is 19.3. The largest absolute Gasteiger partial charge is 0.454 e. The van der Waals surface area contributed by atoms with E-state index in [2.05, 4.69) is 9.97 Å². The molecule has 2 heterocycles. The fraction of sp³-hybridized carbons (Fsp3) is 0.0435. The number of pyridine rings is 2. The summed E-state index contributed by atoms with van der Waals surface area (Å²) >= 11 is 0. The first-order chi connectivity index (χ1) is 13.7. The van der Waals surface area contributed by atoms with Gasteiger partial charge in [-0.05, 0) is 24.3 Å². The smallest absolute Gasteiger partial charge is 0.339 e. The van der Waals surface area contributed by atoms with Crippen LogP contribution >= 0.6 is 0 Å². The van der Waals surface area contributed by atoms with Gasteiger partial charge in [0, 0.05) is 28.9 Å². The number of nitrogens with zero attached hydrogens (tertiary/aromatic N) is 2. The number of Topliss-reactive ketones (excluding diaryl/α,β-unsaturated/α-hetero) is 1. The van der Waals surface area contributed by atoms with Crippen molar-refractivity contribution >= 4 is 22.7 Å². The summed E-state index contributed by atoms with van der Waals surface area (Å²) in [7, 11) is 0. The number of para-hydroxylation sites is 1. The predicted octanol–water partition coefficient (Wildman–Crippen LogP) is 4.34. The molecule has 0 aliphatic heterocycles. The second-order valence-electron chi connectivity index (χ2n) is 6.17. The number of ketones is 1.